The lowest BCUT2D eigenvalue weighted by Crippen LogP contribution is -2.62. The molecular formula is C19H20N2O2. The van der Waals surface area contributed by atoms with Gasteiger partial charge in [-0.15, -0.1) is 0 Å². The summed E-state index contributed by atoms with van der Waals surface area (Å²) in [5, 5.41) is 0. The molecule has 5 rings (SSSR count). The maximum Gasteiger partial charge on any atom is 0.163 e. The smallest absolute Gasteiger partial charge is 0.163 e. The SMILES string of the molecule is CC(=O)C1=CN2CCC34c5ccccc5N(C)C3C(=O)C1CC24. The van der Waals surface area contributed by atoms with Crippen LogP contribution in [0.1, 0.15) is 25.3 Å². The summed E-state index contributed by atoms with van der Waals surface area (Å²) >= 11 is 0. The Morgan fingerprint density at radius 2 is 2.09 bits per heavy atom. The summed E-state index contributed by atoms with van der Waals surface area (Å²) in [5.74, 6) is 0.0593. The van der Waals surface area contributed by atoms with Crippen molar-refractivity contribution in [2.75, 3.05) is 18.5 Å². The summed E-state index contributed by atoms with van der Waals surface area (Å²) in [6, 6.07) is 8.67. The molecule has 1 aromatic rings. The molecular weight excluding hydrogens is 288 g/mol. The zero-order valence-corrected chi connectivity index (χ0v) is 13.5. The fourth-order valence-electron chi connectivity index (χ4n) is 5.73. The standard InChI is InChI=1S/C19H20N2O2/c1-11(22)13-10-21-8-7-19-14-5-3-4-6-15(14)20(2)18(19)17(23)12(13)9-16(19)21/h3-6,10,12,16,18H,7-9H2,1-2H3. The average Bonchev–Trinajstić information content (AvgIpc) is 3.06. The molecule has 118 valence electrons. The summed E-state index contributed by atoms with van der Waals surface area (Å²) in [7, 11) is 2.04. The number of benzene rings is 1. The van der Waals surface area contributed by atoms with Gasteiger partial charge in [-0.1, -0.05) is 18.2 Å². The number of rotatable bonds is 1. The fourth-order valence-corrected chi connectivity index (χ4v) is 5.73. The Morgan fingerprint density at radius 3 is 2.87 bits per heavy atom. The highest BCUT2D eigenvalue weighted by Crippen LogP contribution is 2.59. The molecule has 4 nitrogen and oxygen atoms in total. The van der Waals surface area contributed by atoms with Crippen LogP contribution in [0.3, 0.4) is 0 Å². The van der Waals surface area contributed by atoms with E-state index in [4.69, 9.17) is 0 Å². The number of para-hydroxylation sites is 1. The summed E-state index contributed by atoms with van der Waals surface area (Å²) in [4.78, 5) is 29.9. The normalized spacial score (nSPS) is 36.7. The van der Waals surface area contributed by atoms with Crippen LogP contribution in [0.15, 0.2) is 36.0 Å². The van der Waals surface area contributed by atoms with Crippen LogP contribution in [-0.2, 0) is 15.0 Å². The first kappa shape index (κ1) is 13.3. The lowest BCUT2D eigenvalue weighted by molar-refractivity contribution is -0.130. The van der Waals surface area contributed by atoms with Crippen LogP contribution < -0.4 is 4.90 Å². The lowest BCUT2D eigenvalue weighted by Gasteiger charge is -2.49. The average molecular weight is 308 g/mol. The third-order valence-electron chi connectivity index (χ3n) is 6.60. The van der Waals surface area contributed by atoms with E-state index in [0.717, 1.165) is 19.4 Å². The van der Waals surface area contributed by atoms with Crippen LogP contribution in [0, 0.1) is 5.92 Å². The minimum absolute atomic E-state index is 0.0411. The van der Waals surface area contributed by atoms with E-state index < -0.39 is 0 Å². The van der Waals surface area contributed by atoms with Crippen molar-refractivity contribution in [3.8, 4) is 0 Å². The maximum atomic E-state index is 13.3. The molecule has 0 amide bonds. The van der Waals surface area contributed by atoms with Crippen molar-refractivity contribution in [3.05, 3.63) is 41.6 Å². The number of carbonyl (C=O) groups is 2. The van der Waals surface area contributed by atoms with Crippen LogP contribution in [0.25, 0.3) is 0 Å². The van der Waals surface area contributed by atoms with Gasteiger partial charge in [-0.2, -0.15) is 0 Å². The highest BCUT2D eigenvalue weighted by atomic mass is 16.1. The number of nitrogens with zero attached hydrogens (tertiary/aromatic N) is 2. The zero-order chi connectivity index (χ0) is 15.9. The van der Waals surface area contributed by atoms with Gasteiger partial charge in [0.2, 0.25) is 0 Å². The third-order valence-corrected chi connectivity index (χ3v) is 6.60. The Kier molecular flexibility index (Phi) is 2.35. The highest BCUT2D eigenvalue weighted by molar-refractivity contribution is 6.05. The molecule has 2 fully saturated rings. The largest absolute Gasteiger partial charge is 0.373 e. The van der Waals surface area contributed by atoms with Gasteiger partial charge in [-0.25, -0.2) is 0 Å². The Labute approximate surface area is 135 Å². The number of fused-ring (bicyclic) bond motifs is 2. The second-order valence-corrected chi connectivity index (χ2v) is 7.41. The minimum Gasteiger partial charge on any atom is -0.373 e. The van der Waals surface area contributed by atoms with E-state index in [9.17, 15) is 9.59 Å². The van der Waals surface area contributed by atoms with Gasteiger partial charge in [0.05, 0.1) is 12.0 Å². The molecule has 0 radical (unpaired) electrons. The first-order valence-corrected chi connectivity index (χ1v) is 8.40. The van der Waals surface area contributed by atoms with E-state index in [2.05, 4.69) is 28.0 Å². The van der Waals surface area contributed by atoms with Gasteiger partial charge in [0, 0.05) is 42.5 Å². The van der Waals surface area contributed by atoms with Gasteiger partial charge in [-0.3, -0.25) is 9.59 Å². The first-order chi connectivity index (χ1) is 11.1. The summed E-state index contributed by atoms with van der Waals surface area (Å²) in [6.45, 7) is 2.52. The molecule has 3 aliphatic heterocycles. The Bertz CT molecular complexity index is 783. The van der Waals surface area contributed by atoms with Crippen molar-refractivity contribution < 1.29 is 9.59 Å². The monoisotopic (exact) mass is 308 g/mol. The Morgan fingerprint density at radius 1 is 1.30 bits per heavy atom. The van der Waals surface area contributed by atoms with Crippen LogP contribution in [0.5, 0.6) is 0 Å². The summed E-state index contributed by atoms with van der Waals surface area (Å²) in [5.41, 5.74) is 3.12. The van der Waals surface area contributed by atoms with Crippen molar-refractivity contribution in [3.63, 3.8) is 0 Å². The van der Waals surface area contributed by atoms with Gasteiger partial charge >= 0.3 is 0 Å². The van der Waals surface area contributed by atoms with Gasteiger partial charge in [0.15, 0.2) is 11.6 Å². The van der Waals surface area contributed by atoms with E-state index in [-0.39, 0.29) is 28.9 Å². The molecule has 23 heavy (non-hydrogen) atoms. The molecule has 0 N–H and O–H groups in total. The van der Waals surface area contributed by atoms with Gasteiger partial charge < -0.3 is 9.80 Å². The molecule has 0 aromatic heterocycles. The van der Waals surface area contributed by atoms with Crippen LogP contribution in [0.4, 0.5) is 5.69 Å². The summed E-state index contributed by atoms with van der Waals surface area (Å²) in [6.07, 6.45) is 3.78. The number of ketones is 2. The number of likely N-dealkylation sites (N-methyl/N-ethyl adjacent to an activating group) is 1. The second-order valence-electron chi connectivity index (χ2n) is 7.41. The molecule has 1 saturated heterocycles. The van der Waals surface area contributed by atoms with Crippen molar-refractivity contribution in [2.24, 2.45) is 5.92 Å². The molecule has 1 saturated carbocycles. The zero-order valence-electron chi connectivity index (χ0n) is 13.5. The highest BCUT2D eigenvalue weighted by Gasteiger charge is 2.66. The number of hydrogen-bond acceptors (Lipinski definition) is 4. The summed E-state index contributed by atoms with van der Waals surface area (Å²) < 4.78 is 0. The van der Waals surface area contributed by atoms with Crippen LogP contribution >= 0.6 is 0 Å². The predicted molar refractivity (Wildman–Crippen MR) is 87.3 cm³/mol. The Hall–Kier alpha value is -2.10. The number of anilines is 1. The van der Waals surface area contributed by atoms with Crippen LogP contribution in [-0.4, -0.2) is 42.1 Å². The minimum atomic E-state index is -0.221. The van der Waals surface area contributed by atoms with Crippen molar-refractivity contribution in [1.82, 2.24) is 4.90 Å². The van der Waals surface area contributed by atoms with Gasteiger partial charge in [0.1, 0.15) is 0 Å². The molecule has 4 heteroatoms. The molecule has 1 aliphatic carbocycles. The third kappa shape index (κ3) is 1.34. The van der Waals surface area contributed by atoms with Crippen molar-refractivity contribution in [2.45, 2.75) is 37.3 Å². The van der Waals surface area contributed by atoms with Crippen molar-refractivity contribution in [1.29, 1.82) is 0 Å². The van der Waals surface area contributed by atoms with E-state index in [1.165, 1.54) is 11.3 Å². The van der Waals surface area contributed by atoms with E-state index in [0.29, 0.717) is 11.6 Å². The lowest BCUT2D eigenvalue weighted by atomic mass is 9.59. The quantitative estimate of drug-likeness (QED) is 0.794. The number of hydrogen-bond donors (Lipinski definition) is 0. The predicted octanol–water partition coefficient (Wildman–Crippen LogP) is 1.89. The fraction of sp³-hybridized carbons (Fsp3) is 0.474. The van der Waals surface area contributed by atoms with Crippen LogP contribution in [0.2, 0.25) is 0 Å². The molecule has 1 aromatic carbocycles. The Balaban J connectivity index is 1.76. The molecule has 4 unspecified atom stereocenters. The maximum absolute atomic E-state index is 13.3. The number of carbonyl (C=O) groups excluding carboxylic acids is 2. The van der Waals surface area contributed by atoms with Gasteiger partial charge in [-0.05, 0) is 31.4 Å². The molecule has 4 atom stereocenters. The van der Waals surface area contributed by atoms with Gasteiger partial charge in [0.25, 0.3) is 0 Å². The van der Waals surface area contributed by atoms with E-state index in [1.54, 1.807) is 6.92 Å². The topological polar surface area (TPSA) is 40.6 Å². The molecule has 4 aliphatic rings. The van der Waals surface area contributed by atoms with Crippen molar-refractivity contribution >= 4 is 17.3 Å². The number of Topliss-reactive ketones (excluding diaryl/α,β-unsaturated/α-hetero) is 2. The first-order valence-electron chi connectivity index (χ1n) is 8.40. The molecule has 1 spiro atoms. The molecule has 2 bridgehead atoms. The van der Waals surface area contributed by atoms with E-state index in [1.807, 2.05) is 19.3 Å². The molecule has 3 heterocycles. The number of allylic oxidation sites excluding steroid dienone is 1. The second kappa shape index (κ2) is 4.05. The van der Waals surface area contributed by atoms with E-state index >= 15 is 0 Å².